The molecule has 2 aromatic rings. The number of anilines is 1. The Morgan fingerprint density at radius 3 is 2.41 bits per heavy atom. The number of hydrogen-bond acceptors (Lipinski definition) is 5. The molecule has 0 fully saturated rings. The van der Waals surface area contributed by atoms with Crippen LogP contribution in [0.2, 0.25) is 5.02 Å². The molecule has 9 heteroatoms. The van der Waals surface area contributed by atoms with E-state index in [-0.39, 0.29) is 23.2 Å². The number of rotatable bonds is 14. The van der Waals surface area contributed by atoms with E-state index in [2.05, 4.69) is 36.7 Å². The van der Waals surface area contributed by atoms with Crippen LogP contribution in [0.5, 0.6) is 0 Å². The Morgan fingerprint density at radius 1 is 1.05 bits per heavy atom. The molecule has 2 rings (SSSR count). The molecule has 0 saturated heterocycles. The molecule has 0 aliphatic carbocycles. The normalized spacial score (nSPS) is 12.6. The number of halogens is 2. The molecule has 0 aliphatic heterocycles. The molecule has 0 spiro atoms. The molecule has 0 bridgehead atoms. The molecule has 0 saturated carbocycles. The minimum atomic E-state index is -0.145. The number of methoxy groups -OCH3 is 1. The Hall–Kier alpha value is -2.52. The van der Waals surface area contributed by atoms with Gasteiger partial charge in [0.15, 0.2) is 0 Å². The second kappa shape index (κ2) is 17.1. The Labute approximate surface area is 225 Å². The first-order valence-corrected chi connectivity index (χ1v) is 12.7. The van der Waals surface area contributed by atoms with E-state index in [1.165, 1.54) is 0 Å². The maximum absolute atomic E-state index is 14.5. The zero-order chi connectivity index (χ0) is 27.8. The monoisotopic (exact) mass is 537 g/mol. The van der Waals surface area contributed by atoms with Gasteiger partial charge >= 0.3 is 0 Å². The number of amides is 2. The van der Waals surface area contributed by atoms with Gasteiger partial charge in [-0.25, -0.2) is 4.39 Å². The van der Waals surface area contributed by atoms with Gasteiger partial charge in [0.2, 0.25) is 12.8 Å². The van der Waals surface area contributed by atoms with E-state index in [1.807, 2.05) is 31.2 Å². The predicted octanol–water partition coefficient (Wildman–Crippen LogP) is 5.23. The van der Waals surface area contributed by atoms with Crippen molar-refractivity contribution in [3.63, 3.8) is 0 Å². The third-order valence-electron chi connectivity index (χ3n) is 5.69. The maximum atomic E-state index is 14.5. The Balaban J connectivity index is 0.000000580. The van der Waals surface area contributed by atoms with Crippen LogP contribution in [0.3, 0.4) is 0 Å². The van der Waals surface area contributed by atoms with Crippen LogP contribution in [-0.2, 0) is 19.1 Å². The number of carbonyl (C=O) groups is 2. The first-order valence-electron chi connectivity index (χ1n) is 12.3. The van der Waals surface area contributed by atoms with Crippen molar-refractivity contribution in [3.8, 4) is 0 Å². The zero-order valence-electron chi connectivity index (χ0n) is 22.7. The standard InChI is InChI=1S/C22H28ClFN2O.C6H13NO3/c1-14-7-6-8-17(20(14)24)15(2)12-25-21(22(3,4)5)18-10-9-16(23)11-19(18)26-13-27;1-9-4-5-10-3-2-7-6-8/h6-11,13,15,21,25H,12H2,1-5H3,(H,26,27);6H,2-5H2,1H3,(H,7,8). The summed E-state index contributed by atoms with van der Waals surface area (Å²) in [4.78, 5) is 20.7. The van der Waals surface area contributed by atoms with E-state index in [4.69, 9.17) is 21.1 Å². The number of ether oxygens (including phenoxy) is 2. The summed E-state index contributed by atoms with van der Waals surface area (Å²) in [7, 11) is 1.62. The highest BCUT2D eigenvalue weighted by Gasteiger charge is 2.29. The van der Waals surface area contributed by atoms with Crippen LogP contribution < -0.4 is 16.0 Å². The van der Waals surface area contributed by atoms with Gasteiger partial charge < -0.3 is 25.4 Å². The minimum Gasteiger partial charge on any atom is -0.382 e. The number of hydrogen-bond donors (Lipinski definition) is 3. The van der Waals surface area contributed by atoms with Crippen LogP contribution in [0.4, 0.5) is 10.1 Å². The van der Waals surface area contributed by atoms with Crippen molar-refractivity contribution in [2.24, 2.45) is 5.41 Å². The summed E-state index contributed by atoms with van der Waals surface area (Å²) in [6, 6.07) is 10.9. The number of nitrogens with one attached hydrogen (secondary N) is 3. The fourth-order valence-corrected chi connectivity index (χ4v) is 3.91. The third kappa shape index (κ3) is 11.6. The summed E-state index contributed by atoms with van der Waals surface area (Å²) >= 11 is 6.09. The lowest BCUT2D eigenvalue weighted by atomic mass is 9.81. The van der Waals surface area contributed by atoms with Gasteiger partial charge in [-0.05, 0) is 47.1 Å². The van der Waals surface area contributed by atoms with Crippen molar-refractivity contribution in [2.45, 2.75) is 46.6 Å². The lowest BCUT2D eigenvalue weighted by molar-refractivity contribution is -0.109. The smallest absolute Gasteiger partial charge is 0.211 e. The second-order valence-electron chi connectivity index (χ2n) is 9.76. The van der Waals surface area contributed by atoms with E-state index in [1.54, 1.807) is 26.2 Å². The van der Waals surface area contributed by atoms with Gasteiger partial charge in [0, 0.05) is 37.0 Å². The van der Waals surface area contributed by atoms with E-state index in [9.17, 15) is 14.0 Å². The molecule has 37 heavy (non-hydrogen) atoms. The van der Waals surface area contributed by atoms with Crippen molar-refractivity contribution in [3.05, 3.63) is 63.9 Å². The first kappa shape index (κ1) is 32.5. The van der Waals surface area contributed by atoms with Crippen molar-refractivity contribution >= 4 is 30.1 Å². The highest BCUT2D eigenvalue weighted by atomic mass is 35.5. The van der Waals surface area contributed by atoms with E-state index >= 15 is 0 Å². The Morgan fingerprint density at radius 2 is 1.78 bits per heavy atom. The van der Waals surface area contributed by atoms with Crippen molar-refractivity contribution in [2.75, 3.05) is 45.3 Å². The third-order valence-corrected chi connectivity index (χ3v) is 5.93. The topological polar surface area (TPSA) is 88.7 Å². The second-order valence-corrected chi connectivity index (χ2v) is 10.2. The summed E-state index contributed by atoms with van der Waals surface area (Å²) in [5.41, 5.74) is 2.87. The molecule has 206 valence electrons. The van der Waals surface area contributed by atoms with Gasteiger partial charge in [0.25, 0.3) is 0 Å². The van der Waals surface area contributed by atoms with Crippen molar-refractivity contribution < 1.29 is 23.5 Å². The fourth-order valence-electron chi connectivity index (χ4n) is 3.74. The molecular formula is C28H41ClFN3O4. The average molecular weight is 538 g/mol. The van der Waals surface area contributed by atoms with Gasteiger partial charge in [-0.1, -0.05) is 63.6 Å². The van der Waals surface area contributed by atoms with Crippen molar-refractivity contribution in [1.82, 2.24) is 10.6 Å². The van der Waals surface area contributed by atoms with Crippen LogP contribution in [-0.4, -0.2) is 52.8 Å². The van der Waals surface area contributed by atoms with Gasteiger partial charge in [-0.3, -0.25) is 9.59 Å². The molecule has 0 aromatic heterocycles. The lowest BCUT2D eigenvalue weighted by Crippen LogP contribution is -2.35. The molecule has 0 aliphatic rings. The van der Waals surface area contributed by atoms with E-state index in [0.29, 0.717) is 67.6 Å². The first-order chi connectivity index (χ1) is 17.6. The van der Waals surface area contributed by atoms with Crippen LogP contribution in [0.25, 0.3) is 0 Å². The Bertz CT molecular complexity index is 969. The maximum Gasteiger partial charge on any atom is 0.211 e. The molecule has 3 N–H and O–H groups in total. The summed E-state index contributed by atoms with van der Waals surface area (Å²) in [5, 5.41) is 9.35. The fraction of sp³-hybridized carbons (Fsp3) is 0.500. The molecule has 2 amide bonds. The van der Waals surface area contributed by atoms with Gasteiger partial charge in [0.05, 0.1) is 19.8 Å². The van der Waals surface area contributed by atoms with Crippen LogP contribution >= 0.6 is 11.6 Å². The highest BCUT2D eigenvalue weighted by Crippen LogP contribution is 2.38. The lowest BCUT2D eigenvalue weighted by Gasteiger charge is -2.34. The molecule has 0 radical (unpaired) electrons. The summed E-state index contributed by atoms with van der Waals surface area (Å²) in [6.45, 7) is 13.1. The number of benzene rings is 2. The van der Waals surface area contributed by atoms with Crippen LogP contribution in [0.1, 0.15) is 56.3 Å². The SMILES string of the molecule is COCCOCCNC=O.Cc1cccc(C(C)CNC(c2ccc(Cl)cc2NC=O)C(C)(C)C)c1F. The quantitative estimate of drug-likeness (QED) is 0.227. The molecule has 2 aromatic carbocycles. The van der Waals surface area contributed by atoms with Crippen LogP contribution in [0, 0.1) is 18.2 Å². The highest BCUT2D eigenvalue weighted by molar-refractivity contribution is 6.30. The van der Waals surface area contributed by atoms with E-state index in [0.717, 1.165) is 5.56 Å². The van der Waals surface area contributed by atoms with Gasteiger partial charge in [-0.15, -0.1) is 0 Å². The summed E-state index contributed by atoms with van der Waals surface area (Å²) in [5.74, 6) is -0.140. The minimum absolute atomic E-state index is 0.00419. The van der Waals surface area contributed by atoms with Gasteiger partial charge in [-0.2, -0.15) is 0 Å². The predicted molar refractivity (Wildman–Crippen MR) is 148 cm³/mol. The molecular weight excluding hydrogens is 497 g/mol. The molecule has 7 nitrogen and oxygen atoms in total. The van der Waals surface area contributed by atoms with E-state index < -0.39 is 0 Å². The number of aryl methyl sites for hydroxylation is 1. The van der Waals surface area contributed by atoms with Crippen LogP contribution in [0.15, 0.2) is 36.4 Å². The van der Waals surface area contributed by atoms with Crippen molar-refractivity contribution in [1.29, 1.82) is 0 Å². The average Bonchev–Trinajstić information content (AvgIpc) is 2.84. The molecule has 2 atom stereocenters. The zero-order valence-corrected chi connectivity index (χ0v) is 23.5. The summed E-state index contributed by atoms with van der Waals surface area (Å²) < 4.78 is 24.2. The number of carbonyl (C=O) groups excluding carboxylic acids is 2. The molecule has 0 heterocycles. The molecule has 2 unspecified atom stereocenters. The summed E-state index contributed by atoms with van der Waals surface area (Å²) in [6.07, 6.45) is 1.30. The van der Waals surface area contributed by atoms with Gasteiger partial charge in [0.1, 0.15) is 5.82 Å². The largest absolute Gasteiger partial charge is 0.382 e. The Kier molecular flexibility index (Phi) is 15.0.